The zero-order valence-corrected chi connectivity index (χ0v) is 15.6. The van der Waals surface area contributed by atoms with Crippen LogP contribution >= 0.6 is 11.6 Å². The van der Waals surface area contributed by atoms with Crippen LogP contribution in [0.2, 0.25) is 5.02 Å². The summed E-state index contributed by atoms with van der Waals surface area (Å²) in [6.07, 6.45) is -3.87. The van der Waals surface area contributed by atoms with Crippen molar-refractivity contribution >= 4 is 21.6 Å². The van der Waals surface area contributed by atoms with Crippen LogP contribution in [0.5, 0.6) is 0 Å². The van der Waals surface area contributed by atoms with Gasteiger partial charge in [0.25, 0.3) is 5.56 Å². The van der Waals surface area contributed by atoms with Crippen LogP contribution in [0.1, 0.15) is 22.7 Å². The summed E-state index contributed by atoms with van der Waals surface area (Å²) in [5.74, 6) is 0. The maximum absolute atomic E-state index is 13.5. The topological polar surface area (TPSA) is 68.2 Å². The van der Waals surface area contributed by atoms with Crippen molar-refractivity contribution in [3.05, 3.63) is 62.5 Å². The SMILES string of the molecule is Cc1c(S(=O)(=O)NC(c2ccc(Cl)cc2)C(F)(F)F)cn(C)c(=O)c1C. The lowest BCUT2D eigenvalue weighted by molar-refractivity contribution is -0.153. The molecule has 0 spiro atoms. The average molecular weight is 409 g/mol. The van der Waals surface area contributed by atoms with E-state index >= 15 is 0 Å². The Morgan fingerprint density at radius 1 is 1.12 bits per heavy atom. The molecule has 0 radical (unpaired) electrons. The zero-order valence-electron chi connectivity index (χ0n) is 14.1. The predicted octanol–water partition coefficient (Wildman–Crippen LogP) is 3.24. The van der Waals surface area contributed by atoms with E-state index in [9.17, 15) is 26.4 Å². The molecule has 2 rings (SSSR count). The molecule has 26 heavy (non-hydrogen) atoms. The molecule has 142 valence electrons. The Balaban J connectivity index is 2.55. The molecule has 1 N–H and O–H groups in total. The van der Waals surface area contributed by atoms with Crippen LogP contribution in [0.25, 0.3) is 0 Å². The first-order chi connectivity index (χ1) is 11.8. The molecule has 5 nitrogen and oxygen atoms in total. The Morgan fingerprint density at radius 2 is 1.65 bits per heavy atom. The lowest BCUT2D eigenvalue weighted by atomic mass is 10.1. The van der Waals surface area contributed by atoms with E-state index in [1.54, 1.807) is 4.72 Å². The Hall–Kier alpha value is -1.84. The predicted molar refractivity (Wildman–Crippen MR) is 91.7 cm³/mol. The van der Waals surface area contributed by atoms with Crippen molar-refractivity contribution in [2.45, 2.75) is 31.0 Å². The van der Waals surface area contributed by atoms with Gasteiger partial charge in [-0.1, -0.05) is 23.7 Å². The van der Waals surface area contributed by atoms with Crippen LogP contribution < -0.4 is 10.3 Å². The van der Waals surface area contributed by atoms with Gasteiger partial charge in [-0.15, -0.1) is 0 Å². The highest BCUT2D eigenvalue weighted by atomic mass is 35.5. The first-order valence-corrected chi connectivity index (χ1v) is 9.22. The van der Waals surface area contributed by atoms with E-state index in [-0.39, 0.29) is 26.6 Å². The van der Waals surface area contributed by atoms with Gasteiger partial charge in [-0.05, 0) is 37.1 Å². The van der Waals surface area contributed by atoms with E-state index < -0.39 is 27.8 Å². The van der Waals surface area contributed by atoms with Gasteiger partial charge in [0, 0.05) is 23.8 Å². The molecule has 0 amide bonds. The number of hydrogen-bond donors (Lipinski definition) is 1. The number of rotatable bonds is 4. The normalized spacial score (nSPS) is 13.7. The summed E-state index contributed by atoms with van der Waals surface area (Å²) in [7, 11) is -3.23. The number of nitrogens with one attached hydrogen (secondary N) is 1. The number of aryl methyl sites for hydroxylation is 1. The molecule has 0 aliphatic rings. The van der Waals surface area contributed by atoms with E-state index in [1.165, 1.54) is 33.0 Å². The van der Waals surface area contributed by atoms with Crippen molar-refractivity contribution in [2.24, 2.45) is 7.05 Å². The summed E-state index contributed by atoms with van der Waals surface area (Å²) < 4.78 is 68.3. The highest BCUT2D eigenvalue weighted by molar-refractivity contribution is 7.89. The van der Waals surface area contributed by atoms with Crippen LogP contribution in [-0.2, 0) is 17.1 Å². The molecule has 0 fully saturated rings. The molecule has 1 atom stereocenters. The van der Waals surface area contributed by atoms with E-state index in [2.05, 4.69) is 0 Å². The number of sulfonamides is 1. The number of hydrogen-bond acceptors (Lipinski definition) is 3. The van der Waals surface area contributed by atoms with Crippen LogP contribution in [0, 0.1) is 13.8 Å². The van der Waals surface area contributed by atoms with Crippen LogP contribution in [-0.4, -0.2) is 19.2 Å². The second-order valence-electron chi connectivity index (χ2n) is 5.81. The summed E-state index contributed by atoms with van der Waals surface area (Å²) in [4.78, 5) is 11.5. The Kier molecular flexibility index (Phi) is 5.55. The van der Waals surface area contributed by atoms with Crippen molar-refractivity contribution in [1.29, 1.82) is 0 Å². The molecule has 1 aromatic heterocycles. The highest BCUT2D eigenvalue weighted by Gasteiger charge is 2.43. The number of halogens is 4. The third-order valence-electron chi connectivity index (χ3n) is 3.98. The van der Waals surface area contributed by atoms with Gasteiger partial charge in [0.2, 0.25) is 10.0 Å². The smallest absolute Gasteiger partial charge is 0.317 e. The molecule has 0 saturated heterocycles. The molecule has 0 aliphatic carbocycles. The maximum atomic E-state index is 13.5. The number of pyridine rings is 1. The van der Waals surface area contributed by atoms with E-state index in [1.807, 2.05) is 0 Å². The fraction of sp³-hybridized carbons (Fsp3) is 0.312. The number of nitrogens with zero attached hydrogens (tertiary/aromatic N) is 1. The van der Waals surface area contributed by atoms with Gasteiger partial charge in [-0.3, -0.25) is 4.79 Å². The maximum Gasteiger partial charge on any atom is 0.408 e. The van der Waals surface area contributed by atoms with Gasteiger partial charge in [0.05, 0.1) is 0 Å². The summed E-state index contributed by atoms with van der Waals surface area (Å²) in [5, 5.41) is 0.224. The summed E-state index contributed by atoms with van der Waals surface area (Å²) in [5.41, 5.74) is -0.487. The Morgan fingerprint density at radius 3 is 2.15 bits per heavy atom. The van der Waals surface area contributed by atoms with Gasteiger partial charge in [0.15, 0.2) is 0 Å². The number of benzene rings is 1. The zero-order chi connectivity index (χ0) is 19.9. The molecule has 0 bridgehead atoms. The minimum atomic E-state index is -4.87. The van der Waals surface area contributed by atoms with Crippen molar-refractivity contribution in [3.8, 4) is 0 Å². The van der Waals surface area contributed by atoms with Gasteiger partial charge < -0.3 is 4.57 Å². The van der Waals surface area contributed by atoms with Gasteiger partial charge in [-0.25, -0.2) is 8.42 Å². The van der Waals surface area contributed by atoms with Gasteiger partial charge in [0.1, 0.15) is 10.9 Å². The third kappa shape index (κ3) is 4.11. The van der Waals surface area contributed by atoms with E-state index in [0.29, 0.717) is 0 Å². The van der Waals surface area contributed by atoms with Crippen molar-refractivity contribution < 1.29 is 21.6 Å². The first-order valence-electron chi connectivity index (χ1n) is 7.36. The number of aromatic nitrogens is 1. The first kappa shape index (κ1) is 20.5. The quantitative estimate of drug-likeness (QED) is 0.844. The monoisotopic (exact) mass is 408 g/mol. The molecule has 1 heterocycles. The molecule has 2 aromatic rings. The fourth-order valence-electron chi connectivity index (χ4n) is 2.41. The van der Waals surface area contributed by atoms with Crippen molar-refractivity contribution in [3.63, 3.8) is 0 Å². The Bertz CT molecular complexity index is 984. The molecule has 1 aromatic carbocycles. The molecular weight excluding hydrogens is 393 g/mol. The van der Waals surface area contributed by atoms with Crippen LogP contribution in [0.15, 0.2) is 40.2 Å². The molecule has 1 unspecified atom stereocenters. The molecule has 0 aliphatic heterocycles. The summed E-state index contributed by atoms with van der Waals surface area (Å²) in [6.45, 7) is 2.79. The lowest BCUT2D eigenvalue weighted by Gasteiger charge is -2.23. The Labute approximate surface area is 153 Å². The van der Waals surface area contributed by atoms with E-state index in [0.717, 1.165) is 22.9 Å². The average Bonchev–Trinajstić information content (AvgIpc) is 2.54. The second-order valence-corrected chi connectivity index (χ2v) is 7.93. The van der Waals surface area contributed by atoms with Crippen LogP contribution in [0.3, 0.4) is 0 Å². The molecule has 10 heteroatoms. The fourth-order valence-corrected chi connectivity index (χ4v) is 4.10. The standard InChI is InChI=1S/C16H16ClF3N2O3S/c1-9-10(2)15(23)22(3)8-13(9)26(24,25)21-14(16(18,19)20)11-4-6-12(17)7-5-11/h4-8,14,21H,1-3H3. The minimum Gasteiger partial charge on any atom is -0.317 e. The third-order valence-corrected chi connectivity index (χ3v) is 5.77. The molecule has 0 saturated carbocycles. The van der Waals surface area contributed by atoms with Crippen LogP contribution in [0.4, 0.5) is 13.2 Å². The minimum absolute atomic E-state index is 0.0950. The highest BCUT2D eigenvalue weighted by Crippen LogP contribution is 2.34. The van der Waals surface area contributed by atoms with Crippen molar-refractivity contribution in [1.82, 2.24) is 9.29 Å². The van der Waals surface area contributed by atoms with Crippen molar-refractivity contribution in [2.75, 3.05) is 0 Å². The largest absolute Gasteiger partial charge is 0.408 e. The van der Waals surface area contributed by atoms with Gasteiger partial charge in [-0.2, -0.15) is 17.9 Å². The number of alkyl halides is 3. The molecular formula is C16H16ClF3N2O3S. The van der Waals surface area contributed by atoms with E-state index in [4.69, 9.17) is 11.6 Å². The second kappa shape index (κ2) is 7.05. The summed E-state index contributed by atoms with van der Waals surface area (Å²) in [6, 6.07) is 2.22. The van der Waals surface area contributed by atoms with Gasteiger partial charge >= 0.3 is 6.18 Å². The summed E-state index contributed by atoms with van der Waals surface area (Å²) >= 11 is 5.68. The lowest BCUT2D eigenvalue weighted by Crippen LogP contribution is -2.39.